The SMILES string of the molecule is CCC/C(B1OC(C)(C)C(C)(C)O1)=C(\CCC)c1ccc(C(F)(F)F)cc1. The Morgan fingerprint density at radius 2 is 1.37 bits per heavy atom. The fourth-order valence-electron chi connectivity index (χ4n) is 3.27. The van der Waals surface area contributed by atoms with Crippen LogP contribution in [-0.2, 0) is 15.5 Å². The van der Waals surface area contributed by atoms with Crippen molar-refractivity contribution in [2.75, 3.05) is 0 Å². The molecule has 27 heavy (non-hydrogen) atoms. The number of hydrogen-bond donors (Lipinski definition) is 0. The number of halogens is 3. The molecule has 0 aromatic heterocycles. The second-order valence-electron chi connectivity index (χ2n) is 8.17. The Hall–Kier alpha value is -1.27. The molecule has 1 heterocycles. The molecule has 1 fully saturated rings. The summed E-state index contributed by atoms with van der Waals surface area (Å²) in [6.07, 6.45) is -0.973. The van der Waals surface area contributed by atoms with Crippen molar-refractivity contribution in [2.24, 2.45) is 0 Å². The molecule has 1 aromatic rings. The van der Waals surface area contributed by atoms with E-state index in [4.69, 9.17) is 9.31 Å². The number of allylic oxidation sites excluding steroid dienone is 2. The van der Waals surface area contributed by atoms with Crippen molar-refractivity contribution >= 4 is 12.7 Å². The predicted molar refractivity (Wildman–Crippen MR) is 104 cm³/mol. The van der Waals surface area contributed by atoms with Gasteiger partial charge in [0.05, 0.1) is 16.8 Å². The maximum absolute atomic E-state index is 12.9. The van der Waals surface area contributed by atoms with Crippen LogP contribution in [0.2, 0.25) is 0 Å². The quantitative estimate of drug-likeness (QED) is 0.510. The first-order chi connectivity index (χ1) is 12.4. The summed E-state index contributed by atoms with van der Waals surface area (Å²) < 4.78 is 51.2. The molecule has 1 aliphatic rings. The molecule has 0 bridgehead atoms. The Morgan fingerprint density at radius 3 is 1.78 bits per heavy atom. The minimum atomic E-state index is -4.33. The zero-order valence-corrected chi connectivity index (χ0v) is 17.2. The number of rotatable bonds is 6. The molecule has 150 valence electrons. The molecule has 0 unspecified atom stereocenters. The maximum Gasteiger partial charge on any atom is 0.490 e. The molecule has 1 saturated heterocycles. The molecular weight excluding hydrogens is 352 g/mol. The van der Waals surface area contributed by atoms with Crippen LogP contribution in [0.3, 0.4) is 0 Å². The van der Waals surface area contributed by atoms with Crippen molar-refractivity contribution in [2.45, 2.75) is 84.6 Å². The highest BCUT2D eigenvalue weighted by Gasteiger charge is 2.52. The lowest BCUT2D eigenvalue weighted by Crippen LogP contribution is -2.41. The molecule has 0 spiro atoms. The predicted octanol–water partition coefficient (Wildman–Crippen LogP) is 6.69. The summed E-state index contributed by atoms with van der Waals surface area (Å²) in [5.74, 6) is 0. The zero-order chi connectivity index (χ0) is 20.5. The van der Waals surface area contributed by atoms with Crippen LogP contribution in [0.5, 0.6) is 0 Å². The Kier molecular flexibility index (Phi) is 6.53. The van der Waals surface area contributed by atoms with Crippen LogP contribution in [0.15, 0.2) is 29.7 Å². The van der Waals surface area contributed by atoms with Crippen LogP contribution in [0, 0.1) is 0 Å². The van der Waals surface area contributed by atoms with E-state index in [9.17, 15) is 13.2 Å². The van der Waals surface area contributed by atoms with Gasteiger partial charge in [0.15, 0.2) is 0 Å². The highest BCUT2D eigenvalue weighted by Crippen LogP contribution is 2.42. The topological polar surface area (TPSA) is 18.5 Å². The van der Waals surface area contributed by atoms with Crippen LogP contribution < -0.4 is 0 Å². The summed E-state index contributed by atoms with van der Waals surface area (Å²) in [5, 5.41) is 0. The Labute approximate surface area is 161 Å². The van der Waals surface area contributed by atoms with Crippen molar-refractivity contribution in [1.29, 1.82) is 0 Å². The van der Waals surface area contributed by atoms with Gasteiger partial charge in [-0.2, -0.15) is 13.2 Å². The fraction of sp³-hybridized carbons (Fsp3) is 0.619. The van der Waals surface area contributed by atoms with E-state index in [1.165, 1.54) is 0 Å². The Morgan fingerprint density at radius 1 is 0.889 bits per heavy atom. The van der Waals surface area contributed by atoms with Gasteiger partial charge in [0.25, 0.3) is 0 Å². The van der Waals surface area contributed by atoms with Crippen LogP contribution in [0.1, 0.15) is 78.4 Å². The monoisotopic (exact) mass is 382 g/mol. The van der Waals surface area contributed by atoms with Crippen LogP contribution in [0.4, 0.5) is 13.2 Å². The number of alkyl halides is 3. The van der Waals surface area contributed by atoms with E-state index in [2.05, 4.69) is 13.8 Å². The summed E-state index contributed by atoms with van der Waals surface area (Å²) in [5.41, 5.74) is 1.35. The molecule has 0 radical (unpaired) electrons. The fourth-order valence-corrected chi connectivity index (χ4v) is 3.27. The zero-order valence-electron chi connectivity index (χ0n) is 17.2. The van der Waals surface area contributed by atoms with E-state index in [1.807, 2.05) is 27.7 Å². The normalized spacial score (nSPS) is 20.0. The van der Waals surface area contributed by atoms with Crippen molar-refractivity contribution in [1.82, 2.24) is 0 Å². The maximum atomic E-state index is 12.9. The third-order valence-corrected chi connectivity index (χ3v) is 5.51. The average Bonchev–Trinajstić information content (AvgIpc) is 2.78. The largest absolute Gasteiger partial charge is 0.490 e. The number of benzene rings is 1. The molecule has 0 saturated carbocycles. The minimum absolute atomic E-state index is 0.450. The summed E-state index contributed by atoms with van der Waals surface area (Å²) in [6, 6.07) is 5.43. The van der Waals surface area contributed by atoms with E-state index in [1.54, 1.807) is 12.1 Å². The van der Waals surface area contributed by atoms with Crippen molar-refractivity contribution in [3.63, 3.8) is 0 Å². The summed E-state index contributed by atoms with van der Waals surface area (Å²) in [6.45, 7) is 12.2. The average molecular weight is 382 g/mol. The Bertz CT molecular complexity index is 660. The molecule has 6 heteroatoms. The van der Waals surface area contributed by atoms with E-state index in [-0.39, 0.29) is 0 Å². The molecule has 1 aromatic carbocycles. The van der Waals surface area contributed by atoms with Gasteiger partial charge >= 0.3 is 13.3 Å². The molecule has 0 atom stereocenters. The van der Waals surface area contributed by atoms with Gasteiger partial charge < -0.3 is 9.31 Å². The van der Waals surface area contributed by atoms with Gasteiger partial charge in [-0.15, -0.1) is 0 Å². The molecule has 1 aliphatic heterocycles. The van der Waals surface area contributed by atoms with Gasteiger partial charge in [0.2, 0.25) is 0 Å². The molecule has 0 amide bonds. The van der Waals surface area contributed by atoms with Gasteiger partial charge in [-0.25, -0.2) is 0 Å². The van der Waals surface area contributed by atoms with Crippen molar-refractivity contribution < 1.29 is 22.5 Å². The molecule has 0 aliphatic carbocycles. The summed E-state index contributed by atoms with van der Waals surface area (Å²) in [7, 11) is -0.473. The third kappa shape index (κ3) is 4.78. The minimum Gasteiger partial charge on any atom is -0.400 e. The standard InChI is InChI=1S/C21H30BF3O2/c1-7-9-17(15-11-13-16(14-12-15)21(23,24)25)18(10-8-2)22-26-19(3,4)20(5,6)27-22/h11-14H,7-10H2,1-6H3/b18-17-. The lowest BCUT2D eigenvalue weighted by Gasteiger charge is -2.32. The van der Waals surface area contributed by atoms with E-state index in [0.29, 0.717) is 0 Å². The molecular formula is C21H30BF3O2. The van der Waals surface area contributed by atoms with Crippen molar-refractivity contribution in [3.8, 4) is 0 Å². The van der Waals surface area contributed by atoms with Gasteiger partial charge in [0.1, 0.15) is 0 Å². The van der Waals surface area contributed by atoms with Gasteiger partial charge in [-0.05, 0) is 69.3 Å². The second-order valence-corrected chi connectivity index (χ2v) is 8.17. The van der Waals surface area contributed by atoms with Crippen LogP contribution >= 0.6 is 0 Å². The summed E-state index contributed by atoms with van der Waals surface area (Å²) in [4.78, 5) is 0. The lowest BCUT2D eigenvalue weighted by atomic mass is 9.70. The lowest BCUT2D eigenvalue weighted by molar-refractivity contribution is -0.137. The molecule has 2 nitrogen and oxygen atoms in total. The van der Waals surface area contributed by atoms with E-state index in [0.717, 1.165) is 54.4 Å². The van der Waals surface area contributed by atoms with Crippen LogP contribution in [0.25, 0.3) is 5.57 Å². The third-order valence-electron chi connectivity index (χ3n) is 5.51. The first-order valence-electron chi connectivity index (χ1n) is 9.68. The van der Waals surface area contributed by atoms with Gasteiger partial charge in [-0.3, -0.25) is 0 Å². The first kappa shape index (κ1) is 22.0. The second kappa shape index (κ2) is 8.00. The summed E-state index contributed by atoms with van der Waals surface area (Å²) >= 11 is 0. The smallest absolute Gasteiger partial charge is 0.400 e. The van der Waals surface area contributed by atoms with Crippen molar-refractivity contribution in [3.05, 3.63) is 40.9 Å². The van der Waals surface area contributed by atoms with E-state index < -0.39 is 30.1 Å². The highest BCUT2D eigenvalue weighted by molar-refractivity contribution is 6.56. The molecule has 0 N–H and O–H groups in total. The van der Waals surface area contributed by atoms with Crippen LogP contribution in [-0.4, -0.2) is 18.3 Å². The molecule has 2 rings (SSSR count). The van der Waals surface area contributed by atoms with E-state index >= 15 is 0 Å². The van der Waals surface area contributed by atoms with Gasteiger partial charge in [-0.1, -0.05) is 38.8 Å². The van der Waals surface area contributed by atoms with Gasteiger partial charge in [0, 0.05) is 0 Å². The first-order valence-corrected chi connectivity index (χ1v) is 9.68. The number of hydrogen-bond acceptors (Lipinski definition) is 2. The highest BCUT2D eigenvalue weighted by atomic mass is 19.4. The Balaban J connectivity index is 2.49.